The van der Waals surface area contributed by atoms with Gasteiger partial charge in [0.2, 0.25) is 0 Å². The Kier molecular flexibility index (Phi) is 4.89. The summed E-state index contributed by atoms with van der Waals surface area (Å²) >= 11 is 0. The van der Waals surface area contributed by atoms with Crippen LogP contribution in [0.4, 0.5) is 11.4 Å². The molecular weight excluding hydrogens is 334 g/mol. The third-order valence-corrected chi connectivity index (χ3v) is 3.54. The number of nitro benzene ring substituents is 1. The van der Waals surface area contributed by atoms with E-state index in [9.17, 15) is 14.9 Å². The molecule has 0 bridgehead atoms. The van der Waals surface area contributed by atoms with E-state index in [2.05, 4.69) is 10.3 Å². The zero-order valence-electron chi connectivity index (χ0n) is 13.9. The fourth-order valence-corrected chi connectivity index (χ4v) is 2.34. The van der Waals surface area contributed by atoms with Crippen molar-refractivity contribution < 1.29 is 14.5 Å². The molecular formula is C19H15N3O4. The summed E-state index contributed by atoms with van der Waals surface area (Å²) in [5.74, 6) is 0.241. The van der Waals surface area contributed by atoms with Crippen LogP contribution >= 0.6 is 0 Å². The van der Waals surface area contributed by atoms with Crippen molar-refractivity contribution in [1.82, 2.24) is 4.98 Å². The number of aromatic nitrogens is 1. The summed E-state index contributed by atoms with van der Waals surface area (Å²) in [7, 11) is 0. The van der Waals surface area contributed by atoms with Gasteiger partial charge in [-0.3, -0.25) is 19.9 Å². The Balaban J connectivity index is 1.95. The molecule has 3 aromatic rings. The van der Waals surface area contributed by atoms with Gasteiger partial charge in [0.05, 0.1) is 10.5 Å². The molecule has 0 fully saturated rings. The number of nitrogens with zero attached hydrogens (tertiary/aromatic N) is 2. The second-order valence-electron chi connectivity index (χ2n) is 5.49. The smallest absolute Gasteiger partial charge is 0.270 e. The summed E-state index contributed by atoms with van der Waals surface area (Å²) in [6.45, 7) is 1.80. The number of carbonyl (C=O) groups excluding carboxylic acids is 1. The molecule has 1 N–H and O–H groups in total. The molecule has 0 aliphatic carbocycles. The molecule has 0 unspecified atom stereocenters. The third kappa shape index (κ3) is 4.02. The van der Waals surface area contributed by atoms with Crippen molar-refractivity contribution >= 4 is 17.3 Å². The van der Waals surface area contributed by atoms with Crippen LogP contribution in [0.2, 0.25) is 0 Å². The second-order valence-corrected chi connectivity index (χ2v) is 5.49. The van der Waals surface area contributed by atoms with Crippen LogP contribution in [0.15, 0.2) is 66.9 Å². The summed E-state index contributed by atoms with van der Waals surface area (Å²) in [4.78, 5) is 27.3. The Morgan fingerprint density at radius 1 is 1.12 bits per heavy atom. The van der Waals surface area contributed by atoms with Crippen LogP contribution in [-0.2, 0) is 0 Å². The standard InChI is InChI=1S/C19H15N3O4/c1-13-11-14(9-10-20-13)21-19(23)17-12-15(22(24)25)7-8-18(17)26-16-5-3-2-4-6-16/h2-12H,1H3,(H,20,21,23). The largest absolute Gasteiger partial charge is 0.457 e. The minimum absolute atomic E-state index is 0.0671. The molecule has 7 heteroatoms. The number of ether oxygens (including phenoxy) is 1. The van der Waals surface area contributed by atoms with Crippen molar-refractivity contribution in [3.8, 4) is 11.5 Å². The molecule has 0 radical (unpaired) electrons. The average Bonchev–Trinajstić information content (AvgIpc) is 2.62. The normalized spacial score (nSPS) is 10.2. The lowest BCUT2D eigenvalue weighted by atomic mass is 10.1. The number of rotatable bonds is 5. The number of hydrogen-bond donors (Lipinski definition) is 1. The van der Waals surface area contributed by atoms with Gasteiger partial charge in [-0.25, -0.2) is 0 Å². The van der Waals surface area contributed by atoms with Crippen LogP contribution in [0.5, 0.6) is 11.5 Å². The number of nitrogens with one attached hydrogen (secondary N) is 1. The summed E-state index contributed by atoms with van der Waals surface area (Å²) in [5.41, 5.74) is 1.15. The predicted octanol–water partition coefficient (Wildman–Crippen LogP) is 4.34. The highest BCUT2D eigenvalue weighted by atomic mass is 16.6. The molecule has 1 aromatic heterocycles. The Morgan fingerprint density at radius 2 is 1.88 bits per heavy atom. The lowest BCUT2D eigenvalue weighted by Gasteiger charge is -2.12. The van der Waals surface area contributed by atoms with Crippen molar-refractivity contribution in [3.05, 3.63) is 88.2 Å². The highest BCUT2D eigenvalue weighted by Crippen LogP contribution is 2.29. The van der Waals surface area contributed by atoms with Gasteiger partial charge < -0.3 is 10.1 Å². The first-order valence-corrected chi connectivity index (χ1v) is 7.78. The summed E-state index contributed by atoms with van der Waals surface area (Å²) in [5, 5.41) is 13.8. The lowest BCUT2D eigenvalue weighted by molar-refractivity contribution is -0.384. The van der Waals surface area contributed by atoms with E-state index in [0.717, 1.165) is 5.69 Å². The first-order chi connectivity index (χ1) is 12.5. The van der Waals surface area contributed by atoms with Crippen LogP contribution in [-0.4, -0.2) is 15.8 Å². The second kappa shape index (κ2) is 7.43. The maximum absolute atomic E-state index is 12.7. The SMILES string of the molecule is Cc1cc(NC(=O)c2cc([N+](=O)[O-])ccc2Oc2ccccc2)ccn1. The van der Waals surface area contributed by atoms with E-state index < -0.39 is 10.8 Å². The molecule has 0 atom stereocenters. The van der Waals surface area contributed by atoms with Gasteiger partial charge in [-0.05, 0) is 37.3 Å². The van der Waals surface area contributed by atoms with Crippen molar-refractivity contribution in [3.63, 3.8) is 0 Å². The molecule has 2 aromatic carbocycles. The molecule has 1 amide bonds. The van der Waals surface area contributed by atoms with Crippen molar-refractivity contribution in [1.29, 1.82) is 0 Å². The highest BCUT2D eigenvalue weighted by Gasteiger charge is 2.19. The molecule has 0 aliphatic heterocycles. The highest BCUT2D eigenvalue weighted by molar-refractivity contribution is 6.06. The molecule has 0 saturated heterocycles. The van der Waals surface area contributed by atoms with Crippen LogP contribution < -0.4 is 10.1 Å². The molecule has 130 valence electrons. The number of pyridine rings is 1. The van der Waals surface area contributed by atoms with Crippen LogP contribution in [0.3, 0.4) is 0 Å². The molecule has 0 aliphatic rings. The van der Waals surface area contributed by atoms with E-state index in [1.807, 2.05) is 6.07 Å². The summed E-state index contributed by atoms with van der Waals surface area (Å²) in [6, 6.07) is 16.1. The number of aryl methyl sites for hydroxylation is 1. The van der Waals surface area contributed by atoms with Crippen LogP contribution in [0.1, 0.15) is 16.1 Å². The van der Waals surface area contributed by atoms with E-state index in [4.69, 9.17) is 4.74 Å². The Labute approximate surface area is 149 Å². The van der Waals surface area contributed by atoms with Crippen molar-refractivity contribution in [2.45, 2.75) is 6.92 Å². The minimum Gasteiger partial charge on any atom is -0.457 e. The van der Waals surface area contributed by atoms with Gasteiger partial charge in [-0.2, -0.15) is 0 Å². The zero-order valence-corrected chi connectivity index (χ0v) is 13.9. The quantitative estimate of drug-likeness (QED) is 0.546. The number of hydrogen-bond acceptors (Lipinski definition) is 5. The Morgan fingerprint density at radius 3 is 2.58 bits per heavy atom. The fourth-order valence-electron chi connectivity index (χ4n) is 2.34. The van der Waals surface area contributed by atoms with E-state index in [1.54, 1.807) is 49.5 Å². The van der Waals surface area contributed by atoms with E-state index in [1.165, 1.54) is 18.2 Å². The molecule has 0 saturated carbocycles. The first-order valence-electron chi connectivity index (χ1n) is 7.78. The topological polar surface area (TPSA) is 94.4 Å². The van der Waals surface area contributed by atoms with E-state index in [-0.39, 0.29) is 17.0 Å². The van der Waals surface area contributed by atoms with Crippen LogP contribution in [0.25, 0.3) is 0 Å². The number of amides is 1. The van der Waals surface area contributed by atoms with Crippen LogP contribution in [0, 0.1) is 17.0 Å². The van der Waals surface area contributed by atoms with Crippen molar-refractivity contribution in [2.75, 3.05) is 5.32 Å². The number of nitro groups is 1. The predicted molar refractivity (Wildman–Crippen MR) is 96.5 cm³/mol. The fraction of sp³-hybridized carbons (Fsp3) is 0.0526. The molecule has 7 nitrogen and oxygen atoms in total. The number of para-hydroxylation sites is 1. The Bertz CT molecular complexity index is 958. The monoisotopic (exact) mass is 349 g/mol. The number of carbonyl (C=O) groups is 1. The third-order valence-electron chi connectivity index (χ3n) is 3.54. The summed E-state index contributed by atoms with van der Waals surface area (Å²) < 4.78 is 5.73. The molecule has 3 rings (SSSR count). The number of non-ortho nitro benzene ring substituents is 1. The van der Waals surface area contributed by atoms with E-state index in [0.29, 0.717) is 11.4 Å². The minimum atomic E-state index is -0.556. The average molecular weight is 349 g/mol. The van der Waals surface area contributed by atoms with Gasteiger partial charge in [-0.15, -0.1) is 0 Å². The lowest BCUT2D eigenvalue weighted by Crippen LogP contribution is -2.13. The van der Waals surface area contributed by atoms with Gasteiger partial charge in [0.25, 0.3) is 11.6 Å². The zero-order chi connectivity index (χ0) is 18.5. The van der Waals surface area contributed by atoms with Gasteiger partial charge in [-0.1, -0.05) is 18.2 Å². The molecule has 1 heterocycles. The van der Waals surface area contributed by atoms with Gasteiger partial charge in [0.15, 0.2) is 0 Å². The number of anilines is 1. The van der Waals surface area contributed by atoms with Gasteiger partial charge >= 0.3 is 0 Å². The van der Waals surface area contributed by atoms with E-state index >= 15 is 0 Å². The first kappa shape index (κ1) is 17.1. The van der Waals surface area contributed by atoms with Crippen molar-refractivity contribution in [2.24, 2.45) is 0 Å². The Hall–Kier alpha value is -3.74. The summed E-state index contributed by atoms with van der Waals surface area (Å²) in [6.07, 6.45) is 1.57. The molecule has 26 heavy (non-hydrogen) atoms. The number of benzene rings is 2. The van der Waals surface area contributed by atoms with Gasteiger partial charge in [0, 0.05) is 29.7 Å². The van der Waals surface area contributed by atoms with Gasteiger partial charge in [0.1, 0.15) is 11.5 Å². The maximum Gasteiger partial charge on any atom is 0.270 e. The molecule has 0 spiro atoms. The maximum atomic E-state index is 12.7.